The Labute approximate surface area is 98.7 Å². The van der Waals surface area contributed by atoms with Gasteiger partial charge in [-0.1, -0.05) is 50.6 Å². The summed E-state index contributed by atoms with van der Waals surface area (Å²) in [5, 5.41) is 13.2. The van der Waals surface area contributed by atoms with Crippen molar-refractivity contribution in [2.45, 2.75) is 39.3 Å². The van der Waals surface area contributed by atoms with E-state index in [1.165, 1.54) is 5.56 Å². The van der Waals surface area contributed by atoms with Crippen LogP contribution in [0.5, 0.6) is 0 Å². The molecule has 3 atom stereocenters. The van der Waals surface area contributed by atoms with E-state index in [1.807, 2.05) is 18.2 Å². The Bertz CT molecular complexity index is 286. The number of hydrogen-bond acceptors (Lipinski definition) is 2. The molecule has 0 aromatic heterocycles. The highest BCUT2D eigenvalue weighted by molar-refractivity contribution is 5.17. The molecule has 0 aliphatic rings. The Hall–Kier alpha value is -0.860. The minimum Gasteiger partial charge on any atom is -0.392 e. The predicted octanol–water partition coefficient (Wildman–Crippen LogP) is 2.74. The zero-order chi connectivity index (χ0) is 12.0. The topological polar surface area (TPSA) is 32.3 Å². The molecule has 1 aromatic carbocycles. The van der Waals surface area contributed by atoms with Crippen LogP contribution in [-0.2, 0) is 0 Å². The fraction of sp³-hybridized carbons (Fsp3) is 0.571. The van der Waals surface area contributed by atoms with Crippen molar-refractivity contribution in [2.75, 3.05) is 6.54 Å². The lowest BCUT2D eigenvalue weighted by atomic mass is 10.0. The van der Waals surface area contributed by atoms with Crippen molar-refractivity contribution in [1.29, 1.82) is 0 Å². The van der Waals surface area contributed by atoms with Crippen LogP contribution < -0.4 is 5.32 Å². The molecule has 0 spiro atoms. The van der Waals surface area contributed by atoms with Crippen LogP contribution in [0.1, 0.15) is 38.8 Å². The molecule has 1 aromatic rings. The molecule has 0 bridgehead atoms. The van der Waals surface area contributed by atoms with E-state index in [0.717, 1.165) is 6.42 Å². The summed E-state index contributed by atoms with van der Waals surface area (Å²) in [5.74, 6) is 0.357. The van der Waals surface area contributed by atoms with Gasteiger partial charge in [-0.3, -0.25) is 0 Å². The van der Waals surface area contributed by atoms with Gasteiger partial charge in [-0.15, -0.1) is 0 Å². The minimum absolute atomic E-state index is 0.254. The summed E-state index contributed by atoms with van der Waals surface area (Å²) in [5.41, 5.74) is 1.26. The molecule has 2 nitrogen and oxygen atoms in total. The van der Waals surface area contributed by atoms with Crippen molar-refractivity contribution >= 4 is 0 Å². The van der Waals surface area contributed by atoms with E-state index in [0.29, 0.717) is 18.5 Å². The molecule has 0 aliphatic carbocycles. The van der Waals surface area contributed by atoms with Crippen LogP contribution >= 0.6 is 0 Å². The maximum Gasteiger partial charge on any atom is 0.0690 e. The molecule has 0 radical (unpaired) electrons. The number of aliphatic hydroxyl groups is 1. The minimum atomic E-state index is -0.254. The Balaban J connectivity index is 2.38. The Morgan fingerprint density at radius 2 is 1.81 bits per heavy atom. The number of nitrogens with one attached hydrogen (secondary N) is 1. The van der Waals surface area contributed by atoms with Gasteiger partial charge < -0.3 is 10.4 Å². The third-order valence-electron chi connectivity index (χ3n) is 3.23. The van der Waals surface area contributed by atoms with Crippen LogP contribution in [0.25, 0.3) is 0 Å². The molecule has 0 saturated carbocycles. The van der Waals surface area contributed by atoms with Gasteiger partial charge >= 0.3 is 0 Å². The molecule has 0 fully saturated rings. The first-order valence-electron chi connectivity index (χ1n) is 6.11. The molecular formula is C14H23NO. The van der Waals surface area contributed by atoms with E-state index in [9.17, 15) is 5.11 Å². The van der Waals surface area contributed by atoms with Crippen molar-refractivity contribution in [3.8, 4) is 0 Å². The zero-order valence-corrected chi connectivity index (χ0v) is 10.5. The predicted molar refractivity (Wildman–Crippen MR) is 68.3 cm³/mol. The van der Waals surface area contributed by atoms with E-state index in [1.54, 1.807) is 0 Å². The number of hydrogen-bond donors (Lipinski definition) is 2. The first-order valence-corrected chi connectivity index (χ1v) is 6.11. The molecule has 0 saturated heterocycles. The van der Waals surface area contributed by atoms with E-state index in [2.05, 4.69) is 38.2 Å². The van der Waals surface area contributed by atoms with Crippen LogP contribution in [0.2, 0.25) is 0 Å². The van der Waals surface area contributed by atoms with Crippen LogP contribution in [0, 0.1) is 5.92 Å². The van der Waals surface area contributed by atoms with E-state index >= 15 is 0 Å². The standard InChI is InChI=1S/C14H23NO/c1-4-11(2)14(16)10-15-12(3)13-8-6-5-7-9-13/h5-9,11-12,14-16H,4,10H2,1-3H3. The second-order valence-corrected chi connectivity index (χ2v) is 4.49. The van der Waals surface area contributed by atoms with Gasteiger partial charge in [-0.05, 0) is 18.4 Å². The van der Waals surface area contributed by atoms with Gasteiger partial charge in [0.1, 0.15) is 0 Å². The quantitative estimate of drug-likeness (QED) is 0.774. The molecule has 1 rings (SSSR count). The Morgan fingerprint density at radius 1 is 1.19 bits per heavy atom. The van der Waals surface area contributed by atoms with Gasteiger partial charge in [0.25, 0.3) is 0 Å². The van der Waals surface area contributed by atoms with Crippen molar-refractivity contribution < 1.29 is 5.11 Å². The highest BCUT2D eigenvalue weighted by Gasteiger charge is 2.13. The average molecular weight is 221 g/mol. The van der Waals surface area contributed by atoms with Gasteiger partial charge in [-0.25, -0.2) is 0 Å². The number of aliphatic hydroxyl groups excluding tert-OH is 1. The Morgan fingerprint density at radius 3 is 2.38 bits per heavy atom. The fourth-order valence-electron chi connectivity index (χ4n) is 1.63. The zero-order valence-electron chi connectivity index (χ0n) is 10.5. The lowest BCUT2D eigenvalue weighted by Gasteiger charge is -2.21. The van der Waals surface area contributed by atoms with Crippen molar-refractivity contribution in [2.24, 2.45) is 5.92 Å². The summed E-state index contributed by atoms with van der Waals surface area (Å²) in [4.78, 5) is 0. The molecule has 90 valence electrons. The number of benzene rings is 1. The fourth-order valence-corrected chi connectivity index (χ4v) is 1.63. The summed E-state index contributed by atoms with van der Waals surface area (Å²) in [6.45, 7) is 6.97. The van der Waals surface area contributed by atoms with Crippen LogP contribution in [0.15, 0.2) is 30.3 Å². The third-order valence-corrected chi connectivity index (χ3v) is 3.23. The molecule has 0 heterocycles. The SMILES string of the molecule is CCC(C)C(O)CNC(C)c1ccccc1. The largest absolute Gasteiger partial charge is 0.392 e. The molecule has 2 heteroatoms. The highest BCUT2D eigenvalue weighted by Crippen LogP contribution is 2.12. The maximum absolute atomic E-state index is 9.85. The van der Waals surface area contributed by atoms with Gasteiger partial charge in [0.15, 0.2) is 0 Å². The van der Waals surface area contributed by atoms with Crippen molar-refractivity contribution in [3.63, 3.8) is 0 Å². The molecule has 0 aliphatic heterocycles. The molecular weight excluding hydrogens is 198 g/mol. The van der Waals surface area contributed by atoms with Gasteiger partial charge in [0.2, 0.25) is 0 Å². The smallest absolute Gasteiger partial charge is 0.0690 e. The van der Waals surface area contributed by atoms with Gasteiger partial charge in [0.05, 0.1) is 6.10 Å². The van der Waals surface area contributed by atoms with E-state index in [-0.39, 0.29) is 6.10 Å². The maximum atomic E-state index is 9.85. The van der Waals surface area contributed by atoms with Crippen molar-refractivity contribution in [1.82, 2.24) is 5.32 Å². The van der Waals surface area contributed by atoms with Crippen LogP contribution in [-0.4, -0.2) is 17.8 Å². The third kappa shape index (κ3) is 3.95. The normalized spacial score (nSPS) is 16.8. The average Bonchev–Trinajstić information content (AvgIpc) is 2.35. The molecule has 0 amide bonds. The summed E-state index contributed by atoms with van der Waals surface area (Å²) in [6, 6.07) is 10.6. The van der Waals surface area contributed by atoms with Gasteiger partial charge in [0, 0.05) is 12.6 Å². The second kappa shape index (κ2) is 6.66. The summed E-state index contributed by atoms with van der Waals surface area (Å²) < 4.78 is 0. The van der Waals surface area contributed by atoms with Crippen LogP contribution in [0.3, 0.4) is 0 Å². The van der Waals surface area contributed by atoms with Gasteiger partial charge in [-0.2, -0.15) is 0 Å². The first-order chi connectivity index (χ1) is 7.65. The monoisotopic (exact) mass is 221 g/mol. The summed E-state index contributed by atoms with van der Waals surface area (Å²) in [7, 11) is 0. The van der Waals surface area contributed by atoms with Crippen LogP contribution in [0.4, 0.5) is 0 Å². The first kappa shape index (κ1) is 13.2. The number of rotatable bonds is 6. The lowest BCUT2D eigenvalue weighted by molar-refractivity contribution is 0.110. The lowest BCUT2D eigenvalue weighted by Crippen LogP contribution is -2.33. The molecule has 2 N–H and O–H groups in total. The summed E-state index contributed by atoms with van der Waals surface area (Å²) >= 11 is 0. The van der Waals surface area contributed by atoms with Crippen molar-refractivity contribution in [3.05, 3.63) is 35.9 Å². The molecule has 3 unspecified atom stereocenters. The Kier molecular flexibility index (Phi) is 5.50. The van der Waals surface area contributed by atoms with E-state index < -0.39 is 0 Å². The second-order valence-electron chi connectivity index (χ2n) is 4.49. The highest BCUT2D eigenvalue weighted by atomic mass is 16.3. The summed E-state index contributed by atoms with van der Waals surface area (Å²) in [6.07, 6.45) is 0.763. The van der Waals surface area contributed by atoms with E-state index in [4.69, 9.17) is 0 Å². The molecule has 16 heavy (non-hydrogen) atoms.